The van der Waals surface area contributed by atoms with E-state index in [9.17, 15) is 9.59 Å². The Balaban J connectivity index is 1.74. The third-order valence-electron chi connectivity index (χ3n) is 8.16. The van der Waals surface area contributed by atoms with E-state index >= 15 is 0 Å². The van der Waals surface area contributed by atoms with Crippen LogP contribution in [-0.4, -0.2) is 43.1 Å². The van der Waals surface area contributed by atoms with Crippen molar-refractivity contribution in [3.8, 4) is 0 Å². The zero-order valence-corrected chi connectivity index (χ0v) is 23.0. The molecule has 7 atom stereocenters. The van der Waals surface area contributed by atoms with E-state index in [1.165, 1.54) is 12.7 Å². The van der Waals surface area contributed by atoms with E-state index in [1.54, 1.807) is 0 Å². The maximum absolute atomic E-state index is 13.0. The molecule has 2 aliphatic carbocycles. The van der Waals surface area contributed by atoms with Crippen LogP contribution in [0.3, 0.4) is 0 Å². The monoisotopic (exact) mass is 490 g/mol. The Morgan fingerprint density at radius 2 is 1.80 bits per heavy atom. The van der Waals surface area contributed by atoms with Gasteiger partial charge in [0, 0.05) is 12.3 Å². The summed E-state index contributed by atoms with van der Waals surface area (Å²) in [6.45, 7) is 14.2. The fourth-order valence-electron chi connectivity index (χ4n) is 5.83. The largest absolute Gasteiger partial charge is 0.469 e. The van der Waals surface area contributed by atoms with E-state index in [-0.39, 0.29) is 42.6 Å². The number of fused-ring (bicyclic) bond motifs is 1. The van der Waals surface area contributed by atoms with Crippen LogP contribution in [0, 0.1) is 29.1 Å². The molecule has 1 saturated heterocycles. The quantitative estimate of drug-likeness (QED) is 0.389. The van der Waals surface area contributed by atoms with Crippen molar-refractivity contribution >= 4 is 11.9 Å². The molecule has 35 heavy (non-hydrogen) atoms. The summed E-state index contributed by atoms with van der Waals surface area (Å²) in [5, 5.41) is 0. The first kappa shape index (κ1) is 27.9. The average Bonchev–Trinajstić information content (AvgIpc) is 2.77. The molecule has 0 spiro atoms. The van der Waals surface area contributed by atoms with Crippen LogP contribution in [-0.2, 0) is 28.5 Å². The summed E-state index contributed by atoms with van der Waals surface area (Å²) in [6.07, 6.45) is 10.9. The van der Waals surface area contributed by atoms with Crippen molar-refractivity contribution in [1.29, 1.82) is 0 Å². The summed E-state index contributed by atoms with van der Waals surface area (Å²) >= 11 is 0. The number of carbonyl (C=O) groups excluding carboxylic acids is 2. The van der Waals surface area contributed by atoms with Crippen molar-refractivity contribution in [2.45, 2.75) is 111 Å². The van der Waals surface area contributed by atoms with E-state index in [0.29, 0.717) is 24.2 Å². The van der Waals surface area contributed by atoms with Crippen LogP contribution in [0.25, 0.3) is 0 Å². The Labute approximate surface area is 211 Å². The topological polar surface area (TPSA) is 71.1 Å². The van der Waals surface area contributed by atoms with Crippen molar-refractivity contribution in [1.82, 2.24) is 0 Å². The normalized spacial score (nSPS) is 34.5. The molecular weight excluding hydrogens is 444 g/mol. The van der Waals surface area contributed by atoms with E-state index in [0.717, 1.165) is 25.7 Å². The summed E-state index contributed by atoms with van der Waals surface area (Å²) in [6, 6.07) is 0. The number of rotatable bonds is 8. The number of hydrogen-bond acceptors (Lipinski definition) is 6. The molecule has 0 saturated carbocycles. The van der Waals surface area contributed by atoms with E-state index in [2.05, 4.69) is 32.1 Å². The van der Waals surface area contributed by atoms with Gasteiger partial charge in [-0.25, -0.2) is 0 Å². The number of carbonyl (C=O) groups is 2. The fourth-order valence-corrected chi connectivity index (χ4v) is 5.83. The second kappa shape index (κ2) is 11.2. The average molecular weight is 491 g/mol. The fraction of sp³-hybridized carbons (Fsp3) is 0.793. The predicted molar refractivity (Wildman–Crippen MR) is 135 cm³/mol. The van der Waals surface area contributed by atoms with Gasteiger partial charge in [0.2, 0.25) is 0 Å². The van der Waals surface area contributed by atoms with Gasteiger partial charge in [-0.05, 0) is 76.7 Å². The minimum Gasteiger partial charge on any atom is -0.469 e. The van der Waals surface area contributed by atoms with Crippen LogP contribution >= 0.6 is 0 Å². The highest BCUT2D eigenvalue weighted by Gasteiger charge is 2.44. The minimum atomic E-state index is -0.741. The second-order valence-electron chi connectivity index (χ2n) is 11.9. The van der Waals surface area contributed by atoms with Crippen LogP contribution in [0.5, 0.6) is 0 Å². The van der Waals surface area contributed by atoms with Gasteiger partial charge in [-0.3, -0.25) is 9.59 Å². The van der Waals surface area contributed by atoms with Gasteiger partial charge in [0.05, 0.1) is 31.2 Å². The van der Waals surface area contributed by atoms with Gasteiger partial charge in [0.15, 0.2) is 5.79 Å². The first-order valence-corrected chi connectivity index (χ1v) is 13.4. The number of esters is 2. The molecule has 1 unspecified atom stereocenters. The van der Waals surface area contributed by atoms with E-state index < -0.39 is 11.2 Å². The zero-order chi connectivity index (χ0) is 26.0. The Kier molecular flexibility index (Phi) is 8.91. The van der Waals surface area contributed by atoms with E-state index in [1.807, 2.05) is 34.6 Å². The predicted octanol–water partition coefficient (Wildman–Crippen LogP) is 5.99. The highest BCUT2D eigenvalue weighted by molar-refractivity contribution is 5.76. The molecule has 198 valence electrons. The smallest absolute Gasteiger partial charge is 0.311 e. The molecule has 0 aromatic rings. The van der Waals surface area contributed by atoms with Crippen LogP contribution in [0.1, 0.15) is 87.0 Å². The number of hydrogen-bond donors (Lipinski definition) is 0. The SMILES string of the molecule is CCC(C)(C)C(=O)O[C@H]1C[C@@H](C)C=C2C=C[C@H](C)[C@H](CC[C@@H]3C[C@H](CC(=O)OC)OC(C)(C)O3)C21. The minimum absolute atomic E-state index is 0.00137. The third kappa shape index (κ3) is 6.97. The molecule has 1 fully saturated rings. The maximum Gasteiger partial charge on any atom is 0.311 e. The summed E-state index contributed by atoms with van der Waals surface area (Å²) in [4.78, 5) is 24.9. The van der Waals surface area contributed by atoms with Gasteiger partial charge in [-0.2, -0.15) is 0 Å². The van der Waals surface area contributed by atoms with Gasteiger partial charge < -0.3 is 18.9 Å². The lowest BCUT2D eigenvalue weighted by Gasteiger charge is -2.45. The van der Waals surface area contributed by atoms with Crippen molar-refractivity contribution in [3.63, 3.8) is 0 Å². The van der Waals surface area contributed by atoms with Crippen LogP contribution < -0.4 is 0 Å². The highest BCUT2D eigenvalue weighted by Crippen LogP contribution is 2.46. The summed E-state index contributed by atoms with van der Waals surface area (Å²) in [7, 11) is 1.41. The lowest BCUT2D eigenvalue weighted by atomic mass is 9.65. The van der Waals surface area contributed by atoms with Crippen molar-refractivity contribution in [2.75, 3.05) is 7.11 Å². The molecule has 3 aliphatic rings. The Morgan fingerprint density at radius 3 is 2.46 bits per heavy atom. The lowest BCUT2D eigenvalue weighted by molar-refractivity contribution is -0.301. The summed E-state index contributed by atoms with van der Waals surface area (Å²) in [5.74, 6) is 0.208. The van der Waals surface area contributed by atoms with Gasteiger partial charge in [-0.15, -0.1) is 0 Å². The Hall–Kier alpha value is -1.66. The first-order chi connectivity index (χ1) is 16.3. The molecule has 1 aliphatic heterocycles. The second-order valence-corrected chi connectivity index (χ2v) is 11.9. The third-order valence-corrected chi connectivity index (χ3v) is 8.16. The Bertz CT molecular complexity index is 825. The molecule has 3 rings (SSSR count). The van der Waals surface area contributed by atoms with Gasteiger partial charge in [-0.1, -0.05) is 39.0 Å². The molecule has 0 aromatic heterocycles. The van der Waals surface area contributed by atoms with Gasteiger partial charge >= 0.3 is 11.9 Å². The molecule has 0 amide bonds. The molecule has 6 nitrogen and oxygen atoms in total. The first-order valence-electron chi connectivity index (χ1n) is 13.4. The summed E-state index contributed by atoms with van der Waals surface area (Å²) < 4.78 is 23.3. The molecule has 6 heteroatoms. The number of allylic oxidation sites excluding steroid dienone is 3. The van der Waals surface area contributed by atoms with Crippen LogP contribution in [0.15, 0.2) is 23.8 Å². The van der Waals surface area contributed by atoms with Crippen molar-refractivity contribution in [3.05, 3.63) is 23.8 Å². The highest BCUT2D eigenvalue weighted by atomic mass is 16.7. The number of ether oxygens (including phenoxy) is 4. The van der Waals surface area contributed by atoms with Crippen molar-refractivity contribution in [2.24, 2.45) is 29.1 Å². The zero-order valence-electron chi connectivity index (χ0n) is 23.0. The molecule has 0 radical (unpaired) electrons. The molecular formula is C29H46O6. The van der Waals surface area contributed by atoms with Gasteiger partial charge in [0.1, 0.15) is 6.10 Å². The molecule has 1 heterocycles. The molecule has 0 aromatic carbocycles. The molecule has 0 N–H and O–H groups in total. The standard InChI is InChI=1S/C29H46O6/c1-9-28(4,5)27(31)33-24-15-18(2)14-20-11-10-19(3)23(26(20)24)13-12-21-16-22(17-25(30)32-8)35-29(6,7)34-21/h10-11,14,18-19,21-24,26H,9,12-13,15-17H2,1-8H3/t18-,19-,21+,22+,23-,24-,26?/m0/s1. The van der Waals surface area contributed by atoms with Crippen molar-refractivity contribution < 1.29 is 28.5 Å². The maximum atomic E-state index is 13.0. The number of methoxy groups -OCH3 is 1. The summed E-state index contributed by atoms with van der Waals surface area (Å²) in [5.41, 5.74) is 0.822. The Morgan fingerprint density at radius 1 is 1.11 bits per heavy atom. The van der Waals surface area contributed by atoms with Crippen LogP contribution in [0.2, 0.25) is 0 Å². The van der Waals surface area contributed by atoms with E-state index in [4.69, 9.17) is 18.9 Å². The van der Waals surface area contributed by atoms with Gasteiger partial charge in [0.25, 0.3) is 0 Å². The van der Waals surface area contributed by atoms with Crippen LogP contribution in [0.4, 0.5) is 0 Å². The molecule has 0 bridgehead atoms. The lowest BCUT2D eigenvalue weighted by Crippen LogP contribution is -2.46.